The Hall–Kier alpha value is -0.320. The van der Waals surface area contributed by atoms with Gasteiger partial charge in [-0.25, -0.2) is 4.39 Å². The fourth-order valence-electron chi connectivity index (χ4n) is 0.273. The van der Waals surface area contributed by atoms with E-state index >= 15 is 0 Å². The largest absolute Gasteiger partial charge is 0.422 e. The van der Waals surface area contributed by atoms with Crippen LogP contribution < -0.4 is 0 Å². The van der Waals surface area contributed by atoms with Gasteiger partial charge in [0.1, 0.15) is 0 Å². The van der Waals surface area contributed by atoms with Gasteiger partial charge < -0.3 is 5.11 Å². The summed E-state index contributed by atoms with van der Waals surface area (Å²) in [6.07, 6.45) is -10.0. The topological polar surface area (TPSA) is 20.2 Å². The van der Waals surface area contributed by atoms with Gasteiger partial charge in [-0.15, -0.1) is 0 Å². The van der Waals surface area contributed by atoms with Crippen molar-refractivity contribution in [2.75, 3.05) is 0 Å². The van der Waals surface area contributed by atoms with E-state index in [1.807, 2.05) is 0 Å². The van der Waals surface area contributed by atoms with Crippen molar-refractivity contribution >= 4 is 0 Å². The maximum absolute atomic E-state index is 11.7. The number of rotatable bonds is 1. The molecule has 0 aliphatic rings. The Balaban J connectivity index is 3.88. The van der Waals surface area contributed by atoms with E-state index < -0.39 is 18.5 Å². The molecule has 5 heteroatoms. The molecule has 0 aromatic carbocycles. The Morgan fingerprint density at radius 3 is 1.67 bits per heavy atom. The van der Waals surface area contributed by atoms with Crippen LogP contribution in [0.5, 0.6) is 0 Å². The zero-order valence-corrected chi connectivity index (χ0v) is 4.61. The summed E-state index contributed by atoms with van der Waals surface area (Å²) in [6, 6.07) is 0. The van der Waals surface area contributed by atoms with Gasteiger partial charge in [-0.3, -0.25) is 0 Å². The van der Waals surface area contributed by atoms with Gasteiger partial charge >= 0.3 is 6.18 Å². The van der Waals surface area contributed by atoms with Gasteiger partial charge in [0.25, 0.3) is 0 Å². The highest BCUT2D eigenvalue weighted by Gasteiger charge is 2.43. The van der Waals surface area contributed by atoms with Crippen LogP contribution in [0.3, 0.4) is 0 Å². The van der Waals surface area contributed by atoms with Crippen molar-refractivity contribution in [3.8, 4) is 0 Å². The van der Waals surface area contributed by atoms with Crippen LogP contribution in [-0.2, 0) is 0 Å². The van der Waals surface area contributed by atoms with Gasteiger partial charge in [-0.2, -0.15) is 13.2 Å². The molecule has 9 heavy (non-hydrogen) atoms. The molecule has 0 saturated carbocycles. The summed E-state index contributed by atoms with van der Waals surface area (Å²) >= 11 is 0. The van der Waals surface area contributed by atoms with E-state index in [0.717, 1.165) is 6.92 Å². The monoisotopic (exact) mass is 146 g/mol. The number of alkyl halides is 4. The fourth-order valence-corrected chi connectivity index (χ4v) is 0.273. The maximum atomic E-state index is 11.7. The SMILES string of the molecule is CC(O)C(F)C(F)(F)F. The summed E-state index contributed by atoms with van der Waals surface area (Å²) in [6.45, 7) is 0.748. The molecule has 56 valence electrons. The smallest absolute Gasteiger partial charge is 0.390 e. The number of aliphatic hydroxyl groups is 1. The van der Waals surface area contributed by atoms with E-state index in [1.165, 1.54) is 0 Å². The van der Waals surface area contributed by atoms with E-state index in [0.29, 0.717) is 0 Å². The second-order valence-corrected chi connectivity index (χ2v) is 1.68. The van der Waals surface area contributed by atoms with Gasteiger partial charge in [0, 0.05) is 0 Å². The predicted molar refractivity (Wildman–Crippen MR) is 22.6 cm³/mol. The minimum absolute atomic E-state index is 0.748. The van der Waals surface area contributed by atoms with Gasteiger partial charge in [-0.05, 0) is 6.92 Å². The highest BCUT2D eigenvalue weighted by atomic mass is 19.4. The first-order chi connectivity index (χ1) is 3.85. The molecule has 0 aromatic rings. The van der Waals surface area contributed by atoms with E-state index in [4.69, 9.17) is 5.11 Å². The van der Waals surface area contributed by atoms with Crippen LogP contribution >= 0.6 is 0 Å². The van der Waals surface area contributed by atoms with E-state index in [-0.39, 0.29) is 0 Å². The average Bonchev–Trinajstić information content (AvgIpc) is 1.62. The molecule has 1 nitrogen and oxygen atoms in total. The molecule has 2 unspecified atom stereocenters. The van der Waals surface area contributed by atoms with Crippen LogP contribution in [-0.4, -0.2) is 23.6 Å². The average molecular weight is 146 g/mol. The standard InChI is InChI=1S/C4H6F4O/c1-2(9)3(5)4(6,7)8/h2-3,9H,1H3. The van der Waals surface area contributed by atoms with Crippen LogP contribution in [0, 0.1) is 0 Å². The van der Waals surface area contributed by atoms with Crippen molar-refractivity contribution in [3.63, 3.8) is 0 Å². The predicted octanol–water partition coefficient (Wildman–Crippen LogP) is 1.27. The second-order valence-electron chi connectivity index (χ2n) is 1.68. The van der Waals surface area contributed by atoms with Crippen molar-refractivity contribution in [3.05, 3.63) is 0 Å². The van der Waals surface area contributed by atoms with Crippen molar-refractivity contribution in [1.82, 2.24) is 0 Å². The van der Waals surface area contributed by atoms with Crippen LogP contribution in [0.15, 0.2) is 0 Å². The van der Waals surface area contributed by atoms with E-state index in [2.05, 4.69) is 0 Å². The molecule has 0 spiro atoms. The zero-order chi connectivity index (χ0) is 7.65. The van der Waals surface area contributed by atoms with Crippen LogP contribution in [0.1, 0.15) is 6.92 Å². The van der Waals surface area contributed by atoms with Gasteiger partial charge in [0.2, 0.25) is 6.17 Å². The lowest BCUT2D eigenvalue weighted by atomic mass is 10.2. The van der Waals surface area contributed by atoms with Crippen molar-refractivity contribution in [1.29, 1.82) is 0 Å². The van der Waals surface area contributed by atoms with E-state index in [1.54, 1.807) is 0 Å². The molecule has 0 aliphatic carbocycles. The third kappa shape index (κ3) is 2.64. The minimum atomic E-state index is -4.94. The highest BCUT2D eigenvalue weighted by molar-refractivity contribution is 4.70. The van der Waals surface area contributed by atoms with Crippen LogP contribution in [0.25, 0.3) is 0 Å². The normalized spacial score (nSPS) is 19.3. The van der Waals surface area contributed by atoms with Crippen molar-refractivity contribution in [2.45, 2.75) is 25.4 Å². The molecule has 1 N–H and O–H groups in total. The molecular weight excluding hydrogens is 140 g/mol. The lowest BCUT2D eigenvalue weighted by molar-refractivity contribution is -0.202. The molecule has 0 aromatic heterocycles. The van der Waals surface area contributed by atoms with Crippen molar-refractivity contribution < 1.29 is 22.7 Å². The summed E-state index contributed by atoms with van der Waals surface area (Å²) in [5.74, 6) is 0. The highest BCUT2D eigenvalue weighted by Crippen LogP contribution is 2.24. The number of aliphatic hydroxyl groups excluding tert-OH is 1. The quantitative estimate of drug-likeness (QED) is 0.552. The molecule has 0 amide bonds. The second kappa shape index (κ2) is 2.51. The summed E-state index contributed by atoms with van der Waals surface area (Å²) < 4.78 is 45.2. The van der Waals surface area contributed by atoms with Gasteiger partial charge in [0.15, 0.2) is 0 Å². The Kier molecular flexibility index (Phi) is 2.42. The molecule has 0 radical (unpaired) electrons. The third-order valence-electron chi connectivity index (χ3n) is 0.736. The summed E-state index contributed by atoms with van der Waals surface area (Å²) in [5, 5.41) is 8.06. The minimum Gasteiger partial charge on any atom is -0.390 e. The van der Waals surface area contributed by atoms with Crippen LogP contribution in [0.2, 0.25) is 0 Å². The molecule has 0 fully saturated rings. The summed E-state index contributed by atoms with van der Waals surface area (Å²) in [4.78, 5) is 0. The maximum Gasteiger partial charge on any atom is 0.422 e. The van der Waals surface area contributed by atoms with Gasteiger partial charge in [0.05, 0.1) is 6.10 Å². The molecule has 0 rings (SSSR count). The number of hydrogen-bond donors (Lipinski definition) is 1. The number of hydrogen-bond acceptors (Lipinski definition) is 1. The Morgan fingerprint density at radius 2 is 1.67 bits per heavy atom. The first-order valence-corrected chi connectivity index (χ1v) is 2.24. The molecule has 2 atom stereocenters. The van der Waals surface area contributed by atoms with Crippen molar-refractivity contribution in [2.24, 2.45) is 0 Å². The molecule has 0 saturated heterocycles. The summed E-state index contributed by atoms with van der Waals surface area (Å²) in [5.41, 5.74) is 0. The molecule has 0 aliphatic heterocycles. The van der Waals surface area contributed by atoms with Gasteiger partial charge in [-0.1, -0.05) is 0 Å². The zero-order valence-electron chi connectivity index (χ0n) is 4.61. The molecule has 0 heterocycles. The van der Waals surface area contributed by atoms with E-state index in [9.17, 15) is 17.6 Å². The molecular formula is C4H6F4O. The lowest BCUT2D eigenvalue weighted by Gasteiger charge is -2.13. The fraction of sp³-hybridized carbons (Fsp3) is 1.00. The Bertz CT molecular complexity index is 87.1. The van der Waals surface area contributed by atoms with Crippen LogP contribution in [0.4, 0.5) is 17.6 Å². The first-order valence-electron chi connectivity index (χ1n) is 2.24. The third-order valence-corrected chi connectivity index (χ3v) is 0.736. The Morgan fingerprint density at radius 1 is 1.33 bits per heavy atom. The summed E-state index contributed by atoms with van der Waals surface area (Å²) in [7, 11) is 0. The first kappa shape index (κ1) is 8.68. The Labute approximate surface area is 49.3 Å². The molecule has 0 bridgehead atoms. The number of halogens is 4. The lowest BCUT2D eigenvalue weighted by Crippen LogP contribution is -2.33.